The van der Waals surface area contributed by atoms with Crippen LogP contribution in [0.4, 0.5) is 0 Å². The van der Waals surface area contributed by atoms with Crippen molar-refractivity contribution in [3.05, 3.63) is 35.5 Å². The second kappa shape index (κ2) is 17.8. The molecule has 0 aromatic rings. The maximum absolute atomic E-state index is 12.9. The molecule has 218 valence electrons. The highest BCUT2D eigenvalue weighted by atomic mass is 16.5. The normalized spacial score (nSPS) is 18.4. The van der Waals surface area contributed by atoms with Crippen LogP contribution in [0.1, 0.15) is 138 Å². The fourth-order valence-corrected chi connectivity index (χ4v) is 5.50. The lowest BCUT2D eigenvalue weighted by Crippen LogP contribution is -2.25. The quantitative estimate of drug-likeness (QED) is 0.0968. The monoisotopic (exact) mass is 530 g/mol. The van der Waals surface area contributed by atoms with Crippen LogP contribution >= 0.6 is 0 Å². The van der Waals surface area contributed by atoms with E-state index in [4.69, 9.17) is 4.74 Å². The number of carbonyl (C=O) groups is 2. The molecule has 3 atom stereocenters. The predicted octanol–water partition coefficient (Wildman–Crippen LogP) is 9.07. The summed E-state index contributed by atoms with van der Waals surface area (Å²) in [6.07, 6.45) is 21.7. The summed E-state index contributed by atoms with van der Waals surface area (Å²) in [6.45, 7) is 15.0. The Morgan fingerprint density at radius 2 is 1.74 bits per heavy atom. The number of Topliss-reactive ketones (excluding diaryl/α,β-unsaturated/α-hetero) is 1. The fourth-order valence-electron chi connectivity index (χ4n) is 5.50. The summed E-state index contributed by atoms with van der Waals surface area (Å²) in [5.41, 5.74) is 1.32. The molecule has 0 aromatic carbocycles. The maximum Gasteiger partial charge on any atom is 0.308 e. The number of rotatable bonds is 20. The van der Waals surface area contributed by atoms with Crippen LogP contribution in [-0.4, -0.2) is 29.1 Å². The summed E-state index contributed by atoms with van der Waals surface area (Å²) in [6, 6.07) is 0. The molecular formula is C34H58O4. The van der Waals surface area contributed by atoms with Gasteiger partial charge in [0.25, 0.3) is 0 Å². The van der Waals surface area contributed by atoms with Gasteiger partial charge in [-0.2, -0.15) is 0 Å². The van der Waals surface area contributed by atoms with E-state index in [9.17, 15) is 14.7 Å². The van der Waals surface area contributed by atoms with Gasteiger partial charge in [0, 0.05) is 12.0 Å². The number of ketones is 1. The lowest BCUT2D eigenvalue weighted by molar-refractivity contribution is -0.147. The van der Waals surface area contributed by atoms with E-state index in [1.165, 1.54) is 25.7 Å². The van der Waals surface area contributed by atoms with E-state index in [-0.39, 0.29) is 17.3 Å². The summed E-state index contributed by atoms with van der Waals surface area (Å²) in [5, 5.41) is 10.8. The standard InChI is InChI=1S/C34H58O4/c1-8-9-10-11-12-13-14-26-38-32(36)29(4)20-17-25-34(7,37)24-15-18-27(2)21-22-30(35)31-28(3)19-16-23-33(31,5)6/h13-14,16,19,27,29,37H,8-12,15,17-18,20-26H2,1-7H3. The van der Waals surface area contributed by atoms with E-state index >= 15 is 0 Å². The second-order valence-corrected chi connectivity index (χ2v) is 12.7. The molecule has 0 saturated heterocycles. The zero-order valence-electron chi connectivity index (χ0n) is 25.7. The molecule has 0 aliphatic heterocycles. The Kier molecular flexibility index (Phi) is 16.1. The number of ether oxygens (including phenoxy) is 1. The number of hydrogen-bond acceptors (Lipinski definition) is 4. The van der Waals surface area contributed by atoms with Crippen molar-refractivity contribution in [3.63, 3.8) is 0 Å². The zero-order valence-corrected chi connectivity index (χ0v) is 25.7. The summed E-state index contributed by atoms with van der Waals surface area (Å²) in [7, 11) is 0. The molecule has 0 radical (unpaired) electrons. The first-order valence-corrected chi connectivity index (χ1v) is 15.3. The summed E-state index contributed by atoms with van der Waals surface area (Å²) in [5.74, 6) is 0.451. The molecular weight excluding hydrogens is 472 g/mol. The van der Waals surface area contributed by atoms with Crippen LogP contribution in [-0.2, 0) is 14.3 Å². The Hall–Kier alpha value is -1.68. The van der Waals surface area contributed by atoms with Crippen molar-refractivity contribution >= 4 is 11.8 Å². The molecule has 1 aliphatic carbocycles. The second-order valence-electron chi connectivity index (χ2n) is 12.7. The largest absolute Gasteiger partial charge is 0.461 e. The topological polar surface area (TPSA) is 63.6 Å². The van der Waals surface area contributed by atoms with Crippen molar-refractivity contribution in [2.45, 2.75) is 144 Å². The minimum atomic E-state index is -0.722. The summed E-state index contributed by atoms with van der Waals surface area (Å²) >= 11 is 0. The third kappa shape index (κ3) is 13.9. The lowest BCUT2D eigenvalue weighted by atomic mass is 9.73. The van der Waals surface area contributed by atoms with Gasteiger partial charge in [-0.3, -0.25) is 9.59 Å². The molecule has 3 unspecified atom stereocenters. The van der Waals surface area contributed by atoms with Gasteiger partial charge in [-0.15, -0.1) is 0 Å². The fraction of sp³-hybridized carbons (Fsp3) is 0.765. The van der Waals surface area contributed by atoms with Crippen molar-refractivity contribution in [2.24, 2.45) is 17.3 Å². The number of unbranched alkanes of at least 4 members (excludes halogenated alkanes) is 4. The SMILES string of the molecule is CCCCCCC=CCOC(=O)C(C)CCCC(C)(O)CCCC(C)CCC(=O)C1=C(C)C=CCC1(C)C. The summed E-state index contributed by atoms with van der Waals surface area (Å²) in [4.78, 5) is 25.2. The Balaban J connectivity index is 2.23. The van der Waals surface area contributed by atoms with Gasteiger partial charge in [-0.05, 0) is 82.1 Å². The molecule has 0 aromatic heterocycles. The van der Waals surface area contributed by atoms with Crippen LogP contribution < -0.4 is 0 Å². The maximum atomic E-state index is 12.9. The number of hydrogen-bond donors (Lipinski definition) is 1. The molecule has 1 aliphatic rings. The highest BCUT2D eigenvalue weighted by molar-refractivity contribution is 5.98. The molecule has 0 spiro atoms. The van der Waals surface area contributed by atoms with Crippen LogP contribution in [0.3, 0.4) is 0 Å². The first-order chi connectivity index (χ1) is 17.9. The Bertz CT molecular complexity index is 799. The van der Waals surface area contributed by atoms with Gasteiger partial charge >= 0.3 is 5.97 Å². The van der Waals surface area contributed by atoms with Crippen LogP contribution in [0.15, 0.2) is 35.5 Å². The van der Waals surface area contributed by atoms with Crippen LogP contribution in [0.25, 0.3) is 0 Å². The van der Waals surface area contributed by atoms with Crippen LogP contribution in [0.2, 0.25) is 0 Å². The van der Waals surface area contributed by atoms with Crippen molar-refractivity contribution in [1.29, 1.82) is 0 Å². The first-order valence-electron chi connectivity index (χ1n) is 15.3. The third-order valence-corrected chi connectivity index (χ3v) is 8.09. The van der Waals surface area contributed by atoms with E-state index in [0.717, 1.165) is 62.5 Å². The number of esters is 1. The van der Waals surface area contributed by atoms with E-state index in [1.54, 1.807) is 0 Å². The van der Waals surface area contributed by atoms with Crippen molar-refractivity contribution < 1.29 is 19.4 Å². The van der Waals surface area contributed by atoms with Gasteiger partial charge < -0.3 is 9.84 Å². The van der Waals surface area contributed by atoms with Crippen molar-refractivity contribution in [3.8, 4) is 0 Å². The Labute approximate surface area is 234 Å². The molecule has 0 heterocycles. The molecule has 0 bridgehead atoms. The summed E-state index contributed by atoms with van der Waals surface area (Å²) < 4.78 is 5.38. The molecule has 4 nitrogen and oxygen atoms in total. The highest BCUT2D eigenvalue weighted by Crippen LogP contribution is 2.38. The van der Waals surface area contributed by atoms with Crippen molar-refractivity contribution in [2.75, 3.05) is 6.61 Å². The molecule has 4 heteroatoms. The average molecular weight is 531 g/mol. The van der Waals surface area contributed by atoms with Crippen molar-refractivity contribution in [1.82, 2.24) is 0 Å². The van der Waals surface area contributed by atoms with Gasteiger partial charge in [0.05, 0.1) is 11.5 Å². The molecule has 1 rings (SSSR count). The van der Waals surface area contributed by atoms with Gasteiger partial charge in [-0.1, -0.05) is 91.0 Å². The van der Waals surface area contributed by atoms with Gasteiger partial charge in [0.1, 0.15) is 6.61 Å². The minimum absolute atomic E-state index is 0.0727. The van der Waals surface area contributed by atoms with Crippen LogP contribution in [0, 0.1) is 17.3 Å². The molecule has 0 fully saturated rings. The van der Waals surface area contributed by atoms with E-state index < -0.39 is 5.60 Å². The van der Waals surface area contributed by atoms with Gasteiger partial charge in [-0.25, -0.2) is 0 Å². The van der Waals surface area contributed by atoms with E-state index in [0.29, 0.717) is 31.1 Å². The predicted molar refractivity (Wildman–Crippen MR) is 160 cm³/mol. The zero-order chi connectivity index (χ0) is 28.6. The average Bonchev–Trinajstić information content (AvgIpc) is 2.83. The molecule has 1 N–H and O–H groups in total. The highest BCUT2D eigenvalue weighted by Gasteiger charge is 2.31. The van der Waals surface area contributed by atoms with Gasteiger partial charge in [0.2, 0.25) is 0 Å². The van der Waals surface area contributed by atoms with E-state index in [1.807, 2.05) is 19.9 Å². The van der Waals surface area contributed by atoms with Gasteiger partial charge in [0.15, 0.2) is 5.78 Å². The third-order valence-electron chi connectivity index (χ3n) is 8.09. The lowest BCUT2D eigenvalue weighted by Gasteiger charge is -2.30. The minimum Gasteiger partial charge on any atom is -0.461 e. The van der Waals surface area contributed by atoms with Crippen LogP contribution in [0.5, 0.6) is 0 Å². The molecule has 0 amide bonds. The smallest absolute Gasteiger partial charge is 0.308 e. The Morgan fingerprint density at radius 1 is 1.05 bits per heavy atom. The Morgan fingerprint density at radius 3 is 2.39 bits per heavy atom. The molecule has 0 saturated carbocycles. The molecule has 38 heavy (non-hydrogen) atoms. The first kappa shape index (κ1) is 34.3. The number of aliphatic hydroxyl groups is 1. The number of allylic oxidation sites excluding steroid dienone is 5. The number of carbonyl (C=O) groups excluding carboxylic acids is 2. The van der Waals surface area contributed by atoms with E-state index in [2.05, 4.69) is 52.8 Å².